The molecule has 0 fully saturated rings. The standard InChI is InChI=1S/C24H31N3O5S/c1-5-6-13-27(22(29)20-25-17-11-7-8-12-19(17)31-20)21(28)18(15-16-10-9-14-33-16)26-23(30)32-24(2,3)4/h7-12,14,18,22,29H,5-6,13,15H2,1-4H3,(H,26,30)/t18-,22-/m0/s1. The summed E-state index contributed by atoms with van der Waals surface area (Å²) in [4.78, 5) is 32.7. The Morgan fingerprint density at radius 1 is 1.24 bits per heavy atom. The first kappa shape index (κ1) is 24.7. The van der Waals surface area contributed by atoms with E-state index in [9.17, 15) is 14.7 Å². The predicted octanol–water partition coefficient (Wildman–Crippen LogP) is 4.64. The molecule has 0 saturated heterocycles. The number of rotatable bonds is 9. The van der Waals surface area contributed by atoms with E-state index >= 15 is 0 Å². The first-order valence-corrected chi connectivity index (χ1v) is 11.9. The number of thiophene rings is 1. The molecule has 0 aliphatic heterocycles. The highest BCUT2D eigenvalue weighted by atomic mass is 32.1. The Morgan fingerprint density at radius 2 is 2.00 bits per heavy atom. The van der Waals surface area contributed by atoms with Gasteiger partial charge in [0.05, 0.1) is 0 Å². The quantitative estimate of drug-likeness (QED) is 0.439. The molecule has 0 spiro atoms. The summed E-state index contributed by atoms with van der Waals surface area (Å²) in [5, 5.41) is 15.7. The fourth-order valence-corrected chi connectivity index (χ4v) is 4.05. The first-order chi connectivity index (χ1) is 15.7. The van der Waals surface area contributed by atoms with Crippen LogP contribution in [-0.4, -0.2) is 45.2 Å². The monoisotopic (exact) mass is 473 g/mol. The molecule has 2 amide bonds. The number of unbranched alkanes of at least 4 members (excludes halogenated alkanes) is 1. The van der Waals surface area contributed by atoms with E-state index in [0.717, 1.165) is 11.3 Å². The lowest BCUT2D eigenvalue weighted by molar-refractivity contribution is -0.146. The highest BCUT2D eigenvalue weighted by molar-refractivity contribution is 7.09. The number of oxazole rings is 1. The van der Waals surface area contributed by atoms with Gasteiger partial charge in [-0.2, -0.15) is 0 Å². The molecule has 1 aromatic carbocycles. The van der Waals surface area contributed by atoms with Gasteiger partial charge in [-0.05, 0) is 50.8 Å². The van der Waals surface area contributed by atoms with Crippen molar-refractivity contribution in [1.29, 1.82) is 0 Å². The number of hydrogen-bond donors (Lipinski definition) is 2. The highest BCUT2D eigenvalue weighted by Gasteiger charge is 2.34. The zero-order chi connectivity index (χ0) is 24.0. The second-order valence-corrected chi connectivity index (χ2v) is 9.79. The number of alkyl carbamates (subject to hydrolysis) is 1. The number of nitrogens with zero attached hydrogens (tertiary/aromatic N) is 2. The van der Waals surface area contributed by atoms with Gasteiger partial charge in [-0.15, -0.1) is 11.3 Å². The molecule has 2 atom stereocenters. The predicted molar refractivity (Wildman–Crippen MR) is 127 cm³/mol. The molecule has 2 N–H and O–H groups in total. The van der Waals surface area contributed by atoms with Crippen molar-refractivity contribution in [3.63, 3.8) is 0 Å². The lowest BCUT2D eigenvalue weighted by Crippen LogP contribution is -2.51. The summed E-state index contributed by atoms with van der Waals surface area (Å²) in [5.74, 6) is -0.398. The Hall–Kier alpha value is -2.91. The Kier molecular flexibility index (Phi) is 8.10. The van der Waals surface area contributed by atoms with E-state index in [4.69, 9.17) is 9.15 Å². The summed E-state index contributed by atoms with van der Waals surface area (Å²) < 4.78 is 11.1. The largest absolute Gasteiger partial charge is 0.444 e. The molecule has 2 heterocycles. The Bertz CT molecular complexity index is 1020. The molecule has 178 valence electrons. The van der Waals surface area contributed by atoms with Gasteiger partial charge in [0.2, 0.25) is 18.0 Å². The van der Waals surface area contributed by atoms with Crippen molar-refractivity contribution in [3.8, 4) is 0 Å². The number of fused-ring (bicyclic) bond motifs is 1. The van der Waals surface area contributed by atoms with E-state index in [1.165, 1.54) is 16.2 Å². The van der Waals surface area contributed by atoms with Crippen LogP contribution in [0.3, 0.4) is 0 Å². The van der Waals surface area contributed by atoms with Crippen LogP contribution in [0.5, 0.6) is 0 Å². The Morgan fingerprint density at radius 3 is 2.64 bits per heavy atom. The van der Waals surface area contributed by atoms with Crippen LogP contribution in [0.4, 0.5) is 4.79 Å². The van der Waals surface area contributed by atoms with Gasteiger partial charge < -0.3 is 24.5 Å². The summed E-state index contributed by atoms with van der Waals surface area (Å²) in [6.45, 7) is 7.55. The van der Waals surface area contributed by atoms with Crippen molar-refractivity contribution in [2.24, 2.45) is 0 Å². The third kappa shape index (κ3) is 6.79. The summed E-state index contributed by atoms with van der Waals surface area (Å²) >= 11 is 1.49. The van der Waals surface area contributed by atoms with Crippen molar-refractivity contribution in [1.82, 2.24) is 15.2 Å². The van der Waals surface area contributed by atoms with Crippen LogP contribution < -0.4 is 5.32 Å². The molecule has 0 aliphatic rings. The molecule has 0 saturated carbocycles. The zero-order valence-electron chi connectivity index (χ0n) is 19.4. The fraction of sp³-hybridized carbons (Fsp3) is 0.458. The molecule has 3 rings (SSSR count). The Labute approximate surface area is 197 Å². The maximum absolute atomic E-state index is 13.6. The number of ether oxygens (including phenoxy) is 1. The molecule has 0 bridgehead atoms. The minimum Gasteiger partial charge on any atom is -0.444 e. The topological polar surface area (TPSA) is 105 Å². The average Bonchev–Trinajstić information content (AvgIpc) is 3.41. The van der Waals surface area contributed by atoms with Crippen LogP contribution in [-0.2, 0) is 16.0 Å². The average molecular weight is 474 g/mol. The van der Waals surface area contributed by atoms with Gasteiger partial charge in [0, 0.05) is 17.8 Å². The number of hydrogen-bond acceptors (Lipinski definition) is 7. The second-order valence-electron chi connectivity index (χ2n) is 8.76. The lowest BCUT2D eigenvalue weighted by atomic mass is 10.1. The number of carbonyl (C=O) groups excluding carboxylic acids is 2. The second kappa shape index (κ2) is 10.8. The van der Waals surface area contributed by atoms with Crippen molar-refractivity contribution in [3.05, 3.63) is 52.5 Å². The summed E-state index contributed by atoms with van der Waals surface area (Å²) in [5.41, 5.74) is 0.410. The van der Waals surface area contributed by atoms with Gasteiger partial charge in [-0.1, -0.05) is 31.5 Å². The maximum atomic E-state index is 13.6. The van der Waals surface area contributed by atoms with E-state index in [-0.39, 0.29) is 18.9 Å². The van der Waals surface area contributed by atoms with Gasteiger partial charge in [0.1, 0.15) is 17.2 Å². The van der Waals surface area contributed by atoms with E-state index in [1.807, 2.05) is 36.6 Å². The van der Waals surface area contributed by atoms with Gasteiger partial charge in [-0.3, -0.25) is 4.79 Å². The van der Waals surface area contributed by atoms with E-state index in [0.29, 0.717) is 17.5 Å². The van der Waals surface area contributed by atoms with E-state index < -0.39 is 29.9 Å². The van der Waals surface area contributed by atoms with E-state index in [2.05, 4.69) is 10.3 Å². The molecular formula is C24H31N3O5S. The van der Waals surface area contributed by atoms with E-state index in [1.54, 1.807) is 32.9 Å². The number of nitrogens with one attached hydrogen (secondary N) is 1. The van der Waals surface area contributed by atoms with Crippen LogP contribution in [0.15, 0.2) is 46.2 Å². The molecular weight excluding hydrogens is 442 g/mol. The molecule has 33 heavy (non-hydrogen) atoms. The van der Waals surface area contributed by atoms with Crippen molar-refractivity contribution < 1.29 is 23.8 Å². The van der Waals surface area contributed by atoms with Crippen molar-refractivity contribution in [2.75, 3.05) is 6.54 Å². The number of carbonyl (C=O) groups is 2. The lowest BCUT2D eigenvalue weighted by Gasteiger charge is -2.30. The van der Waals surface area contributed by atoms with Crippen molar-refractivity contribution >= 4 is 34.4 Å². The first-order valence-electron chi connectivity index (χ1n) is 11.0. The molecule has 0 unspecified atom stereocenters. The smallest absolute Gasteiger partial charge is 0.408 e. The highest BCUT2D eigenvalue weighted by Crippen LogP contribution is 2.24. The summed E-state index contributed by atoms with van der Waals surface area (Å²) in [6.07, 6.45) is -0.314. The molecule has 8 nitrogen and oxygen atoms in total. The minimum absolute atomic E-state index is 0.0350. The third-order valence-electron chi connectivity index (χ3n) is 4.84. The molecule has 2 aromatic heterocycles. The maximum Gasteiger partial charge on any atom is 0.408 e. The molecule has 0 radical (unpaired) electrons. The van der Waals surface area contributed by atoms with Crippen LogP contribution in [0, 0.1) is 0 Å². The SMILES string of the molecule is CCCCN(C(=O)[C@H](Cc1cccs1)NC(=O)OC(C)(C)C)[C@@H](O)c1nc2ccccc2o1. The van der Waals surface area contributed by atoms with Gasteiger partial charge in [0.15, 0.2) is 5.58 Å². The number of amides is 2. The number of aliphatic hydroxyl groups excluding tert-OH is 1. The van der Waals surface area contributed by atoms with Crippen LogP contribution in [0.1, 0.15) is 57.5 Å². The summed E-state index contributed by atoms with van der Waals surface area (Å²) in [7, 11) is 0. The summed E-state index contributed by atoms with van der Waals surface area (Å²) in [6, 6.07) is 10.0. The van der Waals surface area contributed by atoms with Gasteiger partial charge in [0.25, 0.3) is 0 Å². The van der Waals surface area contributed by atoms with Gasteiger partial charge >= 0.3 is 6.09 Å². The minimum atomic E-state index is -1.39. The van der Waals surface area contributed by atoms with Crippen LogP contribution >= 0.6 is 11.3 Å². The fourth-order valence-electron chi connectivity index (χ4n) is 3.30. The zero-order valence-corrected chi connectivity index (χ0v) is 20.2. The van der Waals surface area contributed by atoms with Crippen LogP contribution in [0.25, 0.3) is 11.1 Å². The molecule has 3 aromatic rings. The number of aliphatic hydroxyl groups is 1. The van der Waals surface area contributed by atoms with Crippen molar-refractivity contribution in [2.45, 2.75) is 64.8 Å². The van der Waals surface area contributed by atoms with Crippen LogP contribution in [0.2, 0.25) is 0 Å². The third-order valence-corrected chi connectivity index (χ3v) is 5.74. The number of para-hydroxylation sites is 2. The molecule has 0 aliphatic carbocycles. The Balaban J connectivity index is 1.87. The normalized spacial score (nSPS) is 13.5. The number of benzene rings is 1. The van der Waals surface area contributed by atoms with Gasteiger partial charge in [-0.25, -0.2) is 9.78 Å². The molecule has 9 heteroatoms. The number of aromatic nitrogens is 1.